The summed E-state index contributed by atoms with van der Waals surface area (Å²) in [6.45, 7) is 5.14. The van der Waals surface area contributed by atoms with Crippen molar-refractivity contribution in [2.75, 3.05) is 19.6 Å². The van der Waals surface area contributed by atoms with E-state index in [1.807, 2.05) is 15.8 Å². The summed E-state index contributed by atoms with van der Waals surface area (Å²) in [5.41, 5.74) is 6.72. The van der Waals surface area contributed by atoms with Crippen LogP contribution >= 0.6 is 0 Å². The van der Waals surface area contributed by atoms with Gasteiger partial charge in [-0.05, 0) is 31.2 Å². The molecule has 1 amide bonds. The predicted molar refractivity (Wildman–Crippen MR) is 70.1 cm³/mol. The van der Waals surface area contributed by atoms with E-state index in [0.29, 0.717) is 18.9 Å². The fraction of sp³-hybridized carbons (Fsp3) is 0.692. The van der Waals surface area contributed by atoms with Crippen LogP contribution in [0.3, 0.4) is 0 Å². The number of hydrogen-bond donors (Lipinski definition) is 1. The van der Waals surface area contributed by atoms with Crippen LogP contribution in [0, 0.1) is 0 Å². The first-order chi connectivity index (χ1) is 8.74. The predicted octanol–water partition coefficient (Wildman–Crippen LogP) is 0.958. The summed E-state index contributed by atoms with van der Waals surface area (Å²) >= 11 is 0. The summed E-state index contributed by atoms with van der Waals surface area (Å²) in [5, 5.41) is 4.31. The molecule has 1 aliphatic rings. The number of nitrogens with zero attached hydrogens (tertiary/aromatic N) is 3. The van der Waals surface area contributed by atoms with Gasteiger partial charge in [0.2, 0.25) is 5.91 Å². The molecule has 1 aromatic rings. The minimum Gasteiger partial charge on any atom is -0.343 e. The van der Waals surface area contributed by atoms with Gasteiger partial charge in [0.25, 0.3) is 0 Å². The van der Waals surface area contributed by atoms with Gasteiger partial charge in [0.05, 0.1) is 6.20 Å². The number of aryl methyl sites for hydroxylation is 1. The molecule has 2 heterocycles. The minimum absolute atomic E-state index is 0.195. The molecule has 1 aliphatic heterocycles. The maximum absolute atomic E-state index is 11.7. The average molecular weight is 250 g/mol. The van der Waals surface area contributed by atoms with E-state index in [0.717, 1.165) is 32.5 Å². The van der Waals surface area contributed by atoms with Gasteiger partial charge in [-0.25, -0.2) is 0 Å². The third kappa shape index (κ3) is 2.90. The summed E-state index contributed by atoms with van der Waals surface area (Å²) in [6, 6.07) is 0. The van der Waals surface area contributed by atoms with E-state index in [2.05, 4.69) is 18.2 Å². The van der Waals surface area contributed by atoms with Crippen LogP contribution in [0.1, 0.15) is 37.7 Å². The Hall–Kier alpha value is -1.36. The maximum atomic E-state index is 11.7. The molecule has 1 fully saturated rings. The lowest BCUT2D eigenvalue weighted by Crippen LogP contribution is -2.38. The molecule has 0 unspecified atom stereocenters. The molecule has 1 saturated heterocycles. The van der Waals surface area contributed by atoms with E-state index in [1.165, 1.54) is 5.56 Å². The van der Waals surface area contributed by atoms with Crippen LogP contribution in [-0.2, 0) is 11.3 Å². The van der Waals surface area contributed by atoms with Crippen molar-refractivity contribution in [1.82, 2.24) is 14.7 Å². The molecule has 0 radical (unpaired) electrons. The molecule has 2 rings (SSSR count). The number of nitrogens with two attached hydrogens (primary N) is 1. The van der Waals surface area contributed by atoms with E-state index in [1.54, 1.807) is 0 Å². The molecule has 5 heteroatoms. The van der Waals surface area contributed by atoms with Crippen molar-refractivity contribution < 1.29 is 4.79 Å². The lowest BCUT2D eigenvalue weighted by molar-refractivity contribution is -0.132. The molecule has 100 valence electrons. The lowest BCUT2D eigenvalue weighted by Gasteiger charge is -2.31. The highest BCUT2D eigenvalue weighted by atomic mass is 16.2. The second kappa shape index (κ2) is 6.00. The van der Waals surface area contributed by atoms with Gasteiger partial charge in [-0.2, -0.15) is 5.10 Å². The third-order valence-corrected chi connectivity index (χ3v) is 3.65. The van der Waals surface area contributed by atoms with Gasteiger partial charge in [-0.1, -0.05) is 0 Å². The molecule has 0 spiro atoms. The number of aromatic nitrogens is 2. The fourth-order valence-corrected chi connectivity index (χ4v) is 2.51. The van der Waals surface area contributed by atoms with Gasteiger partial charge >= 0.3 is 0 Å². The van der Waals surface area contributed by atoms with Crippen LogP contribution in [0.25, 0.3) is 0 Å². The van der Waals surface area contributed by atoms with Crippen molar-refractivity contribution in [2.24, 2.45) is 5.73 Å². The van der Waals surface area contributed by atoms with Crippen molar-refractivity contribution in [3.63, 3.8) is 0 Å². The maximum Gasteiger partial charge on any atom is 0.223 e. The zero-order chi connectivity index (χ0) is 13.0. The summed E-state index contributed by atoms with van der Waals surface area (Å²) in [5.74, 6) is 0.743. The number of rotatable bonds is 4. The summed E-state index contributed by atoms with van der Waals surface area (Å²) < 4.78 is 1.96. The first kappa shape index (κ1) is 13.1. The number of carbonyl (C=O) groups is 1. The van der Waals surface area contributed by atoms with Gasteiger partial charge in [-0.15, -0.1) is 0 Å². The Bertz CT molecular complexity index is 393. The topological polar surface area (TPSA) is 64.2 Å². The Morgan fingerprint density at radius 2 is 2.22 bits per heavy atom. The quantitative estimate of drug-likeness (QED) is 0.865. The molecule has 0 aliphatic carbocycles. The van der Waals surface area contributed by atoms with E-state index in [-0.39, 0.29) is 5.91 Å². The molecule has 0 saturated carbocycles. The van der Waals surface area contributed by atoms with Gasteiger partial charge < -0.3 is 10.6 Å². The minimum atomic E-state index is 0.195. The molecule has 0 atom stereocenters. The zero-order valence-electron chi connectivity index (χ0n) is 11.0. The third-order valence-electron chi connectivity index (χ3n) is 3.65. The molecule has 0 aromatic carbocycles. The van der Waals surface area contributed by atoms with E-state index in [9.17, 15) is 4.79 Å². The number of hydrogen-bond acceptors (Lipinski definition) is 3. The molecule has 0 bridgehead atoms. The highest BCUT2D eigenvalue weighted by Crippen LogP contribution is 2.27. The Kier molecular flexibility index (Phi) is 4.36. The van der Waals surface area contributed by atoms with Crippen LogP contribution in [-0.4, -0.2) is 40.2 Å². The lowest BCUT2D eigenvalue weighted by atomic mass is 9.91. The number of amides is 1. The Balaban J connectivity index is 1.88. The smallest absolute Gasteiger partial charge is 0.223 e. The van der Waals surface area contributed by atoms with E-state index in [4.69, 9.17) is 5.73 Å². The second-order valence-electron chi connectivity index (χ2n) is 4.82. The zero-order valence-corrected chi connectivity index (χ0v) is 11.0. The fourth-order valence-electron chi connectivity index (χ4n) is 2.51. The number of piperidine rings is 1. The standard InChI is InChI=1S/C13H22N4O/c1-2-17-10-12(9-15-17)11-4-7-16(8-5-11)13(18)3-6-14/h9-11H,2-8,14H2,1H3. The van der Waals surface area contributed by atoms with E-state index >= 15 is 0 Å². The molecule has 2 N–H and O–H groups in total. The Morgan fingerprint density at radius 3 is 2.78 bits per heavy atom. The van der Waals surface area contributed by atoms with Crippen molar-refractivity contribution in [3.8, 4) is 0 Å². The molecular formula is C13H22N4O. The Labute approximate surface area is 108 Å². The first-order valence-electron chi connectivity index (χ1n) is 6.74. The van der Waals surface area contributed by atoms with Crippen molar-refractivity contribution in [3.05, 3.63) is 18.0 Å². The van der Waals surface area contributed by atoms with Crippen molar-refractivity contribution in [1.29, 1.82) is 0 Å². The summed E-state index contributed by atoms with van der Waals surface area (Å²) in [6.07, 6.45) is 6.63. The molecular weight excluding hydrogens is 228 g/mol. The SMILES string of the molecule is CCn1cc(C2CCN(C(=O)CCN)CC2)cn1. The largest absolute Gasteiger partial charge is 0.343 e. The number of likely N-dealkylation sites (tertiary alicyclic amines) is 1. The van der Waals surface area contributed by atoms with Gasteiger partial charge in [-0.3, -0.25) is 9.48 Å². The number of carbonyl (C=O) groups excluding carboxylic acids is 1. The molecule has 5 nitrogen and oxygen atoms in total. The summed E-state index contributed by atoms with van der Waals surface area (Å²) in [7, 11) is 0. The Morgan fingerprint density at radius 1 is 1.50 bits per heavy atom. The van der Waals surface area contributed by atoms with Crippen LogP contribution in [0.2, 0.25) is 0 Å². The van der Waals surface area contributed by atoms with E-state index < -0.39 is 0 Å². The normalized spacial score (nSPS) is 17.1. The van der Waals surface area contributed by atoms with Gasteiger partial charge in [0.1, 0.15) is 0 Å². The molecule has 18 heavy (non-hydrogen) atoms. The summed E-state index contributed by atoms with van der Waals surface area (Å²) in [4.78, 5) is 13.7. The second-order valence-corrected chi connectivity index (χ2v) is 4.82. The highest BCUT2D eigenvalue weighted by Gasteiger charge is 2.23. The van der Waals surface area contributed by atoms with Crippen LogP contribution in [0.4, 0.5) is 0 Å². The van der Waals surface area contributed by atoms with Crippen molar-refractivity contribution >= 4 is 5.91 Å². The average Bonchev–Trinajstić information content (AvgIpc) is 2.88. The van der Waals surface area contributed by atoms with Gasteiger partial charge in [0.15, 0.2) is 0 Å². The van der Waals surface area contributed by atoms with Crippen LogP contribution in [0.15, 0.2) is 12.4 Å². The highest BCUT2D eigenvalue weighted by molar-refractivity contribution is 5.76. The van der Waals surface area contributed by atoms with Crippen LogP contribution in [0.5, 0.6) is 0 Å². The molecule has 1 aromatic heterocycles. The van der Waals surface area contributed by atoms with Crippen LogP contribution < -0.4 is 5.73 Å². The monoisotopic (exact) mass is 250 g/mol. The van der Waals surface area contributed by atoms with Crippen molar-refractivity contribution in [2.45, 2.75) is 38.6 Å². The van der Waals surface area contributed by atoms with Gasteiger partial charge in [0, 0.05) is 38.8 Å². The first-order valence-corrected chi connectivity index (χ1v) is 6.74.